The van der Waals surface area contributed by atoms with Gasteiger partial charge in [0, 0.05) is 0 Å². The number of carbonyl (C=O) groups excluding carboxylic acids is 1. The van der Waals surface area contributed by atoms with Gasteiger partial charge < -0.3 is 4.74 Å². The predicted molar refractivity (Wildman–Crippen MR) is 54.8 cm³/mol. The summed E-state index contributed by atoms with van der Waals surface area (Å²) in [5.41, 5.74) is 0.309. The Kier molecular flexibility index (Phi) is 3.72. The lowest BCUT2D eigenvalue weighted by Gasteiger charge is -2.07. The van der Waals surface area contributed by atoms with Gasteiger partial charge in [0.15, 0.2) is 0 Å². The van der Waals surface area contributed by atoms with Crippen LogP contribution in [-0.4, -0.2) is 17.1 Å². The standard InChI is InChI=1S/C9H9Cl2NO2/c1-5(2)14-9(13)6-3-7(10)12-8(11)4-6/h3-5H,1-2H3. The first kappa shape index (κ1) is 11.3. The first-order valence-electron chi connectivity index (χ1n) is 4.03. The molecule has 0 aliphatic heterocycles. The Balaban J connectivity index is 2.90. The third-order valence-electron chi connectivity index (χ3n) is 1.34. The molecule has 0 aliphatic carbocycles. The third kappa shape index (κ3) is 3.16. The monoisotopic (exact) mass is 233 g/mol. The number of nitrogens with zero attached hydrogens (tertiary/aromatic N) is 1. The zero-order chi connectivity index (χ0) is 10.7. The number of hydrogen-bond donors (Lipinski definition) is 0. The second kappa shape index (κ2) is 4.62. The average molecular weight is 234 g/mol. The number of pyridine rings is 1. The minimum Gasteiger partial charge on any atom is -0.459 e. The average Bonchev–Trinajstić information content (AvgIpc) is 2.00. The van der Waals surface area contributed by atoms with Crippen LogP contribution >= 0.6 is 23.2 Å². The van der Waals surface area contributed by atoms with Crippen molar-refractivity contribution in [3.05, 3.63) is 28.0 Å². The molecule has 1 heterocycles. The quantitative estimate of drug-likeness (QED) is 0.583. The van der Waals surface area contributed by atoms with Crippen LogP contribution in [-0.2, 0) is 4.74 Å². The number of aromatic nitrogens is 1. The fraction of sp³-hybridized carbons (Fsp3) is 0.333. The van der Waals surface area contributed by atoms with Gasteiger partial charge >= 0.3 is 5.97 Å². The van der Waals surface area contributed by atoms with E-state index in [-0.39, 0.29) is 16.4 Å². The maximum atomic E-state index is 11.4. The minimum atomic E-state index is -0.453. The molecule has 0 N–H and O–H groups in total. The fourth-order valence-corrected chi connectivity index (χ4v) is 1.33. The van der Waals surface area contributed by atoms with E-state index in [0.29, 0.717) is 5.56 Å². The van der Waals surface area contributed by atoms with Gasteiger partial charge in [-0.15, -0.1) is 0 Å². The smallest absolute Gasteiger partial charge is 0.338 e. The Morgan fingerprint density at radius 2 is 1.86 bits per heavy atom. The van der Waals surface area contributed by atoms with Crippen LogP contribution in [0.1, 0.15) is 24.2 Å². The van der Waals surface area contributed by atoms with Crippen molar-refractivity contribution in [2.75, 3.05) is 0 Å². The van der Waals surface area contributed by atoms with Crippen LogP contribution in [0.4, 0.5) is 0 Å². The number of esters is 1. The number of rotatable bonds is 2. The summed E-state index contributed by atoms with van der Waals surface area (Å²) in [5, 5.41) is 0.349. The van der Waals surface area contributed by atoms with E-state index < -0.39 is 5.97 Å². The van der Waals surface area contributed by atoms with Crippen molar-refractivity contribution < 1.29 is 9.53 Å². The molecular formula is C9H9Cl2NO2. The Morgan fingerprint density at radius 3 is 2.29 bits per heavy atom. The molecule has 0 aliphatic rings. The van der Waals surface area contributed by atoms with Crippen molar-refractivity contribution in [1.29, 1.82) is 0 Å². The molecule has 1 aromatic heterocycles. The van der Waals surface area contributed by atoms with E-state index in [0.717, 1.165) is 0 Å². The zero-order valence-electron chi connectivity index (χ0n) is 7.75. The largest absolute Gasteiger partial charge is 0.459 e. The van der Waals surface area contributed by atoms with Crippen molar-refractivity contribution in [3.63, 3.8) is 0 Å². The Morgan fingerprint density at radius 1 is 1.36 bits per heavy atom. The van der Waals surface area contributed by atoms with Crippen LogP contribution in [0.25, 0.3) is 0 Å². The summed E-state index contributed by atoms with van der Waals surface area (Å²) in [5.74, 6) is -0.453. The minimum absolute atomic E-state index is 0.173. The molecule has 3 nitrogen and oxygen atoms in total. The second-order valence-corrected chi connectivity index (χ2v) is 3.73. The van der Waals surface area contributed by atoms with Gasteiger partial charge in [-0.25, -0.2) is 9.78 Å². The lowest BCUT2D eigenvalue weighted by atomic mass is 10.3. The molecular weight excluding hydrogens is 225 g/mol. The number of ether oxygens (including phenoxy) is 1. The fourth-order valence-electron chi connectivity index (χ4n) is 0.865. The van der Waals surface area contributed by atoms with Gasteiger partial charge in [0.05, 0.1) is 11.7 Å². The Bertz CT molecular complexity index is 332. The van der Waals surface area contributed by atoms with E-state index in [1.54, 1.807) is 13.8 Å². The maximum Gasteiger partial charge on any atom is 0.338 e. The molecule has 0 fully saturated rings. The summed E-state index contributed by atoms with van der Waals surface area (Å²) >= 11 is 11.3. The van der Waals surface area contributed by atoms with Crippen LogP contribution in [0.15, 0.2) is 12.1 Å². The first-order valence-corrected chi connectivity index (χ1v) is 4.78. The number of carbonyl (C=O) groups is 1. The van der Waals surface area contributed by atoms with Crippen molar-refractivity contribution in [1.82, 2.24) is 4.98 Å². The van der Waals surface area contributed by atoms with E-state index in [9.17, 15) is 4.79 Å². The summed E-state index contributed by atoms with van der Waals surface area (Å²) in [6.45, 7) is 3.53. The molecule has 0 saturated carbocycles. The Hall–Kier alpha value is -0.800. The molecule has 14 heavy (non-hydrogen) atoms. The highest BCUT2D eigenvalue weighted by Crippen LogP contribution is 2.15. The SMILES string of the molecule is CC(C)OC(=O)c1cc(Cl)nc(Cl)c1. The number of halogens is 2. The predicted octanol–water partition coefficient (Wildman–Crippen LogP) is 2.95. The van der Waals surface area contributed by atoms with Crippen LogP contribution in [0.2, 0.25) is 10.3 Å². The summed E-state index contributed by atoms with van der Waals surface area (Å²) in [7, 11) is 0. The lowest BCUT2D eigenvalue weighted by Crippen LogP contribution is -2.11. The third-order valence-corrected chi connectivity index (χ3v) is 1.73. The van der Waals surface area contributed by atoms with Gasteiger partial charge in [0.25, 0.3) is 0 Å². The zero-order valence-corrected chi connectivity index (χ0v) is 9.26. The molecule has 0 radical (unpaired) electrons. The van der Waals surface area contributed by atoms with E-state index in [1.807, 2.05) is 0 Å². The van der Waals surface area contributed by atoms with Crippen molar-refractivity contribution in [2.24, 2.45) is 0 Å². The highest BCUT2D eigenvalue weighted by molar-refractivity contribution is 6.32. The van der Waals surface area contributed by atoms with Crippen molar-refractivity contribution >= 4 is 29.2 Å². The molecule has 5 heteroatoms. The Labute approximate surface area is 92.0 Å². The molecule has 76 valence electrons. The van der Waals surface area contributed by atoms with E-state index in [2.05, 4.69) is 4.98 Å². The topological polar surface area (TPSA) is 39.2 Å². The van der Waals surface area contributed by atoms with Gasteiger partial charge in [-0.1, -0.05) is 23.2 Å². The van der Waals surface area contributed by atoms with Gasteiger partial charge in [-0.05, 0) is 26.0 Å². The molecule has 0 atom stereocenters. The summed E-state index contributed by atoms with van der Waals surface area (Å²) < 4.78 is 4.96. The lowest BCUT2D eigenvalue weighted by molar-refractivity contribution is 0.0378. The van der Waals surface area contributed by atoms with E-state index in [4.69, 9.17) is 27.9 Å². The van der Waals surface area contributed by atoms with E-state index >= 15 is 0 Å². The van der Waals surface area contributed by atoms with Gasteiger partial charge in [-0.3, -0.25) is 0 Å². The van der Waals surface area contributed by atoms with Crippen LogP contribution < -0.4 is 0 Å². The summed E-state index contributed by atoms with van der Waals surface area (Å²) in [4.78, 5) is 15.1. The molecule has 0 spiro atoms. The number of hydrogen-bond acceptors (Lipinski definition) is 3. The van der Waals surface area contributed by atoms with Gasteiger partial charge in [0.1, 0.15) is 10.3 Å². The van der Waals surface area contributed by atoms with Crippen molar-refractivity contribution in [3.8, 4) is 0 Å². The highest BCUT2D eigenvalue weighted by atomic mass is 35.5. The molecule has 0 amide bonds. The van der Waals surface area contributed by atoms with Crippen LogP contribution in [0.3, 0.4) is 0 Å². The van der Waals surface area contributed by atoms with Crippen molar-refractivity contribution in [2.45, 2.75) is 20.0 Å². The normalized spacial score (nSPS) is 10.4. The molecule has 1 aromatic rings. The highest BCUT2D eigenvalue weighted by Gasteiger charge is 2.11. The van der Waals surface area contributed by atoms with Gasteiger partial charge in [-0.2, -0.15) is 0 Å². The molecule has 0 aromatic carbocycles. The summed E-state index contributed by atoms with van der Waals surface area (Å²) in [6.07, 6.45) is -0.173. The summed E-state index contributed by atoms with van der Waals surface area (Å²) in [6, 6.07) is 2.83. The molecule has 1 rings (SSSR count). The molecule has 0 bridgehead atoms. The second-order valence-electron chi connectivity index (χ2n) is 2.96. The first-order chi connectivity index (χ1) is 6.49. The van der Waals surface area contributed by atoms with Crippen LogP contribution in [0.5, 0.6) is 0 Å². The van der Waals surface area contributed by atoms with Crippen LogP contribution in [0, 0.1) is 0 Å². The molecule has 0 unspecified atom stereocenters. The maximum absolute atomic E-state index is 11.4. The van der Waals surface area contributed by atoms with E-state index in [1.165, 1.54) is 12.1 Å². The van der Waals surface area contributed by atoms with Gasteiger partial charge in [0.2, 0.25) is 0 Å². The molecule has 0 saturated heterocycles.